The van der Waals surface area contributed by atoms with Crippen molar-refractivity contribution in [3.05, 3.63) is 0 Å². The molecule has 1 aliphatic heterocycles. The van der Waals surface area contributed by atoms with Crippen LogP contribution in [0.1, 0.15) is 12.8 Å². The van der Waals surface area contributed by atoms with Crippen LogP contribution < -0.4 is 0 Å². The van der Waals surface area contributed by atoms with Crippen molar-refractivity contribution in [2.75, 3.05) is 39.5 Å². The molecule has 0 aromatic rings. The van der Waals surface area contributed by atoms with Gasteiger partial charge in [-0.15, -0.1) is 0 Å². The molecule has 17 heavy (non-hydrogen) atoms. The summed E-state index contributed by atoms with van der Waals surface area (Å²) >= 11 is 0. The Morgan fingerprint density at radius 3 is 2.47 bits per heavy atom. The van der Waals surface area contributed by atoms with Gasteiger partial charge in [0.05, 0.1) is 13.2 Å². The smallest absolute Gasteiger partial charge is 0.395 e. The van der Waals surface area contributed by atoms with E-state index in [0.717, 1.165) is 12.8 Å². The molecule has 0 aromatic heterocycles. The van der Waals surface area contributed by atoms with Gasteiger partial charge in [0, 0.05) is 32.3 Å². The second-order valence-corrected chi connectivity index (χ2v) is 5.17. The molecule has 1 heterocycles. The topological polar surface area (TPSA) is 99.5 Å². The summed E-state index contributed by atoms with van der Waals surface area (Å²) in [6, 6.07) is 0.288. The maximum atomic E-state index is 10.5. The lowest BCUT2D eigenvalue weighted by atomic mass is 10.1. The maximum Gasteiger partial charge on any atom is 0.469 e. The lowest BCUT2D eigenvalue weighted by molar-refractivity contribution is 0.0217. The molecular weight excluding hydrogens is 249 g/mol. The normalized spacial score (nSPS) is 18.8. The first-order valence-corrected chi connectivity index (χ1v) is 7.18. The molecule has 0 bridgehead atoms. The molecular formula is C9H20NO6P. The van der Waals surface area contributed by atoms with Gasteiger partial charge in [0.25, 0.3) is 0 Å². The molecule has 7 nitrogen and oxygen atoms in total. The van der Waals surface area contributed by atoms with Crippen LogP contribution >= 0.6 is 7.82 Å². The zero-order valence-corrected chi connectivity index (χ0v) is 10.6. The fraction of sp³-hybridized carbons (Fsp3) is 1.00. The van der Waals surface area contributed by atoms with Gasteiger partial charge < -0.3 is 19.6 Å². The van der Waals surface area contributed by atoms with E-state index in [2.05, 4.69) is 4.52 Å². The van der Waals surface area contributed by atoms with Crippen LogP contribution in [-0.2, 0) is 13.8 Å². The summed E-state index contributed by atoms with van der Waals surface area (Å²) in [7, 11) is -4.39. The molecule has 0 aliphatic carbocycles. The van der Waals surface area contributed by atoms with Crippen LogP contribution in [0.3, 0.4) is 0 Å². The van der Waals surface area contributed by atoms with E-state index in [1.54, 1.807) is 0 Å². The third-order valence-corrected chi connectivity index (χ3v) is 3.25. The second-order valence-electron chi connectivity index (χ2n) is 3.93. The van der Waals surface area contributed by atoms with Gasteiger partial charge in [-0.25, -0.2) is 4.57 Å². The van der Waals surface area contributed by atoms with Gasteiger partial charge in [0.1, 0.15) is 0 Å². The Morgan fingerprint density at radius 2 is 1.94 bits per heavy atom. The molecule has 1 aliphatic rings. The molecule has 1 rings (SSSR count). The van der Waals surface area contributed by atoms with Crippen molar-refractivity contribution in [3.8, 4) is 0 Å². The lowest BCUT2D eigenvalue weighted by Crippen LogP contribution is -2.42. The monoisotopic (exact) mass is 269 g/mol. The van der Waals surface area contributed by atoms with E-state index in [0.29, 0.717) is 26.3 Å². The molecule has 0 amide bonds. The lowest BCUT2D eigenvalue weighted by Gasteiger charge is -2.33. The van der Waals surface area contributed by atoms with Crippen molar-refractivity contribution < 1.29 is 28.7 Å². The van der Waals surface area contributed by atoms with Crippen LogP contribution in [0.4, 0.5) is 0 Å². The number of ether oxygens (including phenoxy) is 1. The van der Waals surface area contributed by atoms with E-state index in [-0.39, 0.29) is 19.3 Å². The number of aliphatic hydroxyl groups is 1. The summed E-state index contributed by atoms with van der Waals surface area (Å²) in [5.74, 6) is 0. The summed E-state index contributed by atoms with van der Waals surface area (Å²) in [6.45, 7) is 2.23. The first-order valence-electron chi connectivity index (χ1n) is 5.65. The predicted molar refractivity (Wildman–Crippen MR) is 60.5 cm³/mol. The highest BCUT2D eigenvalue weighted by molar-refractivity contribution is 7.46. The summed E-state index contributed by atoms with van der Waals surface area (Å²) in [6.07, 6.45) is 1.74. The molecule has 0 atom stereocenters. The van der Waals surface area contributed by atoms with E-state index < -0.39 is 7.82 Å². The highest BCUT2D eigenvalue weighted by Gasteiger charge is 2.22. The number of hydrogen-bond acceptors (Lipinski definition) is 5. The van der Waals surface area contributed by atoms with Crippen LogP contribution in [0.5, 0.6) is 0 Å². The number of nitrogens with zero attached hydrogens (tertiary/aromatic N) is 1. The van der Waals surface area contributed by atoms with Crippen LogP contribution in [0.2, 0.25) is 0 Å². The number of rotatable bonds is 7. The third kappa shape index (κ3) is 6.47. The van der Waals surface area contributed by atoms with Crippen LogP contribution in [0.15, 0.2) is 0 Å². The first-order chi connectivity index (χ1) is 8.03. The minimum absolute atomic E-state index is 0.0211. The molecule has 3 N–H and O–H groups in total. The first kappa shape index (κ1) is 15.0. The van der Waals surface area contributed by atoms with Crippen molar-refractivity contribution in [1.82, 2.24) is 4.90 Å². The molecule has 0 saturated carbocycles. The Bertz CT molecular complexity index is 252. The highest BCUT2D eigenvalue weighted by atomic mass is 31.2. The zero-order chi connectivity index (χ0) is 12.7. The zero-order valence-electron chi connectivity index (χ0n) is 9.70. The number of aliphatic hydroxyl groups excluding tert-OH is 1. The van der Waals surface area contributed by atoms with Gasteiger partial charge in [0.15, 0.2) is 0 Å². The van der Waals surface area contributed by atoms with Gasteiger partial charge in [-0.3, -0.25) is 9.42 Å². The highest BCUT2D eigenvalue weighted by Crippen LogP contribution is 2.35. The average molecular weight is 269 g/mol. The maximum absolute atomic E-state index is 10.5. The summed E-state index contributed by atoms with van der Waals surface area (Å²) in [5, 5.41) is 8.96. The van der Waals surface area contributed by atoms with Gasteiger partial charge in [-0.05, 0) is 12.8 Å². The standard InChI is InChI=1S/C9H20NO6P/c11-5-3-10(4-8-16-17(12,13)14)9-1-6-15-7-2-9/h9,11H,1-8H2,(H2,12,13,14). The molecule has 8 heteroatoms. The number of phosphoric acid groups is 1. The van der Waals surface area contributed by atoms with Crippen molar-refractivity contribution >= 4 is 7.82 Å². The van der Waals surface area contributed by atoms with E-state index in [1.807, 2.05) is 4.90 Å². The quantitative estimate of drug-likeness (QED) is 0.539. The summed E-state index contributed by atoms with van der Waals surface area (Å²) in [4.78, 5) is 19.1. The van der Waals surface area contributed by atoms with E-state index >= 15 is 0 Å². The molecule has 1 fully saturated rings. The van der Waals surface area contributed by atoms with Gasteiger partial charge in [-0.1, -0.05) is 0 Å². The molecule has 0 radical (unpaired) electrons. The van der Waals surface area contributed by atoms with Crippen LogP contribution in [0.25, 0.3) is 0 Å². The molecule has 0 unspecified atom stereocenters. The third-order valence-electron chi connectivity index (χ3n) is 2.73. The van der Waals surface area contributed by atoms with Crippen molar-refractivity contribution in [2.45, 2.75) is 18.9 Å². The Hall–Kier alpha value is -0.0100. The fourth-order valence-corrected chi connectivity index (χ4v) is 2.25. The number of phosphoric ester groups is 1. The van der Waals surface area contributed by atoms with Crippen molar-refractivity contribution in [3.63, 3.8) is 0 Å². The average Bonchev–Trinajstić information content (AvgIpc) is 2.27. The summed E-state index contributed by atoms with van der Waals surface area (Å²) in [5.41, 5.74) is 0. The largest absolute Gasteiger partial charge is 0.469 e. The van der Waals surface area contributed by atoms with Crippen LogP contribution in [-0.4, -0.2) is 65.4 Å². The Balaban J connectivity index is 2.34. The fourth-order valence-electron chi connectivity index (χ4n) is 1.93. The predicted octanol–water partition coefficient (Wildman–Crippen LogP) is -0.431. The van der Waals surface area contributed by atoms with Crippen molar-refractivity contribution in [2.24, 2.45) is 0 Å². The molecule has 1 saturated heterocycles. The minimum Gasteiger partial charge on any atom is -0.395 e. The molecule has 0 aromatic carbocycles. The van der Waals surface area contributed by atoms with Gasteiger partial charge >= 0.3 is 7.82 Å². The van der Waals surface area contributed by atoms with Gasteiger partial charge in [0.2, 0.25) is 0 Å². The molecule has 0 spiro atoms. The Labute approximate surface area is 101 Å². The number of hydrogen-bond donors (Lipinski definition) is 3. The van der Waals surface area contributed by atoms with Gasteiger partial charge in [-0.2, -0.15) is 0 Å². The molecule has 102 valence electrons. The Morgan fingerprint density at radius 1 is 1.29 bits per heavy atom. The van der Waals surface area contributed by atoms with E-state index in [1.165, 1.54) is 0 Å². The second kappa shape index (κ2) is 7.43. The van der Waals surface area contributed by atoms with Crippen LogP contribution in [0, 0.1) is 0 Å². The van der Waals surface area contributed by atoms with Crippen molar-refractivity contribution in [1.29, 1.82) is 0 Å². The van der Waals surface area contributed by atoms with E-state index in [9.17, 15) is 4.57 Å². The minimum atomic E-state index is -4.39. The summed E-state index contributed by atoms with van der Waals surface area (Å²) < 4.78 is 20.2. The van der Waals surface area contributed by atoms with E-state index in [4.69, 9.17) is 19.6 Å². The SMILES string of the molecule is O=P(O)(O)OCCN(CCO)C1CCOCC1. The Kier molecular flexibility index (Phi) is 6.58.